The molecule has 0 bridgehead atoms. The summed E-state index contributed by atoms with van der Waals surface area (Å²) in [7, 11) is 0. The fourth-order valence-corrected chi connectivity index (χ4v) is 3.44. The summed E-state index contributed by atoms with van der Waals surface area (Å²) in [4.78, 5) is 18.9. The number of piperidine rings is 2. The lowest BCUT2D eigenvalue weighted by Gasteiger charge is -2.35. The number of aromatic nitrogens is 2. The van der Waals surface area contributed by atoms with Crippen LogP contribution in [-0.2, 0) is 11.2 Å². The van der Waals surface area contributed by atoms with Crippen molar-refractivity contribution in [3.8, 4) is 0 Å². The van der Waals surface area contributed by atoms with Gasteiger partial charge in [0, 0.05) is 33.0 Å². The molecular formula is C15H24N4O2. The van der Waals surface area contributed by atoms with Crippen LogP contribution >= 0.6 is 0 Å². The average Bonchev–Trinajstić information content (AvgIpc) is 2.93. The number of nitrogens with one attached hydrogen (secondary N) is 1. The van der Waals surface area contributed by atoms with Crippen molar-refractivity contribution in [3.63, 3.8) is 0 Å². The molecule has 0 spiro atoms. The molecule has 2 aliphatic heterocycles. The van der Waals surface area contributed by atoms with Crippen LogP contribution in [0.3, 0.4) is 0 Å². The van der Waals surface area contributed by atoms with Crippen molar-refractivity contribution in [2.45, 2.75) is 39.0 Å². The molecule has 0 aromatic carbocycles. The Morgan fingerprint density at radius 1 is 1.43 bits per heavy atom. The van der Waals surface area contributed by atoms with E-state index < -0.39 is 0 Å². The first-order chi connectivity index (χ1) is 10.2. The van der Waals surface area contributed by atoms with Crippen molar-refractivity contribution in [2.24, 2.45) is 11.8 Å². The van der Waals surface area contributed by atoms with Crippen molar-refractivity contribution in [1.82, 2.24) is 20.4 Å². The molecule has 0 radical (unpaired) electrons. The zero-order valence-corrected chi connectivity index (χ0v) is 12.7. The number of amides is 1. The molecule has 0 aliphatic carbocycles. The van der Waals surface area contributed by atoms with E-state index in [2.05, 4.69) is 20.4 Å². The van der Waals surface area contributed by atoms with E-state index in [9.17, 15) is 4.79 Å². The van der Waals surface area contributed by atoms with Crippen LogP contribution < -0.4 is 5.32 Å². The molecule has 0 unspecified atom stereocenters. The molecule has 0 saturated carbocycles. The second-order valence-electron chi connectivity index (χ2n) is 6.27. The fraction of sp³-hybridized carbons (Fsp3) is 0.800. The standard InChI is InChI=1S/C15H24N4O2/c1-11-17-14(18-21-11)8-12-4-3-7-19(10-12)15(20)13-5-2-6-16-9-13/h12-13,16H,2-10H2,1H3/t12-,13+/m1/s1. The minimum atomic E-state index is 0.171. The molecule has 3 heterocycles. The summed E-state index contributed by atoms with van der Waals surface area (Å²) in [6, 6.07) is 0. The Balaban J connectivity index is 1.56. The molecule has 2 aliphatic rings. The second-order valence-corrected chi connectivity index (χ2v) is 6.27. The van der Waals surface area contributed by atoms with Crippen LogP contribution in [0, 0.1) is 18.8 Å². The zero-order chi connectivity index (χ0) is 14.7. The molecule has 2 saturated heterocycles. The van der Waals surface area contributed by atoms with E-state index in [4.69, 9.17) is 4.52 Å². The second kappa shape index (κ2) is 6.56. The summed E-state index contributed by atoms with van der Waals surface area (Å²) in [5.41, 5.74) is 0. The summed E-state index contributed by atoms with van der Waals surface area (Å²) < 4.78 is 5.03. The largest absolute Gasteiger partial charge is 0.342 e. The summed E-state index contributed by atoms with van der Waals surface area (Å²) >= 11 is 0. The Kier molecular flexibility index (Phi) is 4.53. The molecule has 1 amide bonds. The third-order valence-electron chi connectivity index (χ3n) is 4.52. The van der Waals surface area contributed by atoms with Gasteiger partial charge in [-0.3, -0.25) is 4.79 Å². The third kappa shape index (κ3) is 3.61. The normalized spacial score (nSPS) is 26.8. The van der Waals surface area contributed by atoms with Gasteiger partial charge in [0.2, 0.25) is 11.8 Å². The first-order valence-corrected chi connectivity index (χ1v) is 8.01. The molecule has 1 aromatic heterocycles. The first-order valence-electron chi connectivity index (χ1n) is 8.01. The topological polar surface area (TPSA) is 71.3 Å². The maximum atomic E-state index is 12.6. The van der Waals surface area contributed by atoms with Crippen molar-refractivity contribution >= 4 is 5.91 Å². The van der Waals surface area contributed by atoms with Gasteiger partial charge in [-0.15, -0.1) is 0 Å². The highest BCUT2D eigenvalue weighted by Gasteiger charge is 2.30. The molecule has 6 nitrogen and oxygen atoms in total. The van der Waals surface area contributed by atoms with Gasteiger partial charge in [0.25, 0.3) is 0 Å². The predicted molar refractivity (Wildman–Crippen MR) is 77.6 cm³/mol. The van der Waals surface area contributed by atoms with E-state index in [1.54, 1.807) is 0 Å². The lowest BCUT2D eigenvalue weighted by Crippen LogP contribution is -2.47. The van der Waals surface area contributed by atoms with Crippen LogP contribution in [0.1, 0.15) is 37.4 Å². The summed E-state index contributed by atoms with van der Waals surface area (Å²) in [5, 5.41) is 7.30. The molecule has 1 N–H and O–H groups in total. The van der Waals surface area contributed by atoms with E-state index in [1.807, 2.05) is 6.92 Å². The first kappa shape index (κ1) is 14.5. The summed E-state index contributed by atoms with van der Waals surface area (Å²) in [6.45, 7) is 5.43. The Morgan fingerprint density at radius 2 is 2.33 bits per heavy atom. The molecule has 2 atom stereocenters. The van der Waals surface area contributed by atoms with E-state index in [-0.39, 0.29) is 5.92 Å². The number of carbonyl (C=O) groups excluding carboxylic acids is 1. The molecule has 116 valence electrons. The number of likely N-dealkylation sites (tertiary alicyclic amines) is 1. The molecule has 6 heteroatoms. The van der Waals surface area contributed by atoms with Gasteiger partial charge in [-0.05, 0) is 38.1 Å². The number of hydrogen-bond acceptors (Lipinski definition) is 5. The maximum Gasteiger partial charge on any atom is 0.226 e. The lowest BCUT2D eigenvalue weighted by atomic mass is 9.92. The number of rotatable bonds is 3. The van der Waals surface area contributed by atoms with Crippen LogP contribution in [0.5, 0.6) is 0 Å². The van der Waals surface area contributed by atoms with Gasteiger partial charge < -0.3 is 14.7 Å². The maximum absolute atomic E-state index is 12.6. The van der Waals surface area contributed by atoms with Crippen molar-refractivity contribution < 1.29 is 9.32 Å². The van der Waals surface area contributed by atoms with Crippen LogP contribution in [0.15, 0.2) is 4.52 Å². The summed E-state index contributed by atoms with van der Waals surface area (Å²) in [6.07, 6.45) is 5.16. The van der Waals surface area contributed by atoms with Crippen LogP contribution in [0.25, 0.3) is 0 Å². The third-order valence-corrected chi connectivity index (χ3v) is 4.52. The summed E-state index contributed by atoms with van der Waals surface area (Å²) in [5.74, 6) is 2.34. The van der Waals surface area contributed by atoms with Crippen molar-refractivity contribution in [1.29, 1.82) is 0 Å². The van der Waals surface area contributed by atoms with Gasteiger partial charge in [-0.2, -0.15) is 4.98 Å². The van der Waals surface area contributed by atoms with E-state index >= 15 is 0 Å². The van der Waals surface area contributed by atoms with Crippen LogP contribution in [-0.4, -0.2) is 47.1 Å². The van der Waals surface area contributed by atoms with Crippen molar-refractivity contribution in [2.75, 3.05) is 26.2 Å². The van der Waals surface area contributed by atoms with Gasteiger partial charge in [0.1, 0.15) is 0 Å². The quantitative estimate of drug-likeness (QED) is 0.905. The number of nitrogens with zero attached hydrogens (tertiary/aromatic N) is 3. The van der Waals surface area contributed by atoms with Crippen molar-refractivity contribution in [3.05, 3.63) is 11.7 Å². The Labute approximate surface area is 125 Å². The average molecular weight is 292 g/mol. The predicted octanol–water partition coefficient (Wildman–Crippen LogP) is 1.16. The minimum Gasteiger partial charge on any atom is -0.342 e. The van der Waals surface area contributed by atoms with Crippen LogP contribution in [0.2, 0.25) is 0 Å². The Morgan fingerprint density at radius 3 is 3.05 bits per heavy atom. The van der Waals surface area contributed by atoms with E-state index in [0.717, 1.165) is 64.1 Å². The number of carbonyl (C=O) groups is 1. The minimum absolute atomic E-state index is 0.171. The highest BCUT2D eigenvalue weighted by Crippen LogP contribution is 2.23. The molecule has 2 fully saturated rings. The van der Waals surface area contributed by atoms with E-state index in [0.29, 0.717) is 17.7 Å². The molecular weight excluding hydrogens is 268 g/mol. The lowest BCUT2D eigenvalue weighted by molar-refractivity contribution is -0.137. The SMILES string of the molecule is Cc1nc(C[C@H]2CCCN(C(=O)[C@H]3CCCNC3)C2)no1. The molecule has 3 rings (SSSR count). The highest BCUT2D eigenvalue weighted by molar-refractivity contribution is 5.79. The number of hydrogen-bond donors (Lipinski definition) is 1. The molecule has 21 heavy (non-hydrogen) atoms. The van der Waals surface area contributed by atoms with Gasteiger partial charge >= 0.3 is 0 Å². The zero-order valence-electron chi connectivity index (χ0n) is 12.7. The monoisotopic (exact) mass is 292 g/mol. The van der Waals surface area contributed by atoms with Gasteiger partial charge in [-0.25, -0.2) is 0 Å². The van der Waals surface area contributed by atoms with Gasteiger partial charge in [0.05, 0.1) is 5.92 Å². The Bertz CT molecular complexity index is 482. The van der Waals surface area contributed by atoms with Gasteiger partial charge in [-0.1, -0.05) is 5.16 Å². The van der Waals surface area contributed by atoms with E-state index in [1.165, 1.54) is 0 Å². The molecule has 1 aromatic rings. The van der Waals surface area contributed by atoms with Gasteiger partial charge in [0.15, 0.2) is 5.82 Å². The highest BCUT2D eigenvalue weighted by atomic mass is 16.5. The smallest absolute Gasteiger partial charge is 0.226 e. The number of aryl methyl sites for hydroxylation is 1. The van der Waals surface area contributed by atoms with Crippen LogP contribution in [0.4, 0.5) is 0 Å². The fourth-order valence-electron chi connectivity index (χ4n) is 3.44. The Hall–Kier alpha value is -1.43.